The van der Waals surface area contributed by atoms with Crippen molar-refractivity contribution in [3.05, 3.63) is 35.4 Å². The first-order valence-corrected chi connectivity index (χ1v) is 7.94. The number of hydrogen-bond acceptors (Lipinski definition) is 1. The molecule has 2 aliphatic rings. The highest BCUT2D eigenvalue weighted by molar-refractivity contribution is 5.31. The van der Waals surface area contributed by atoms with E-state index in [1.165, 1.54) is 31.2 Å². The van der Waals surface area contributed by atoms with Gasteiger partial charge in [0.05, 0.1) is 5.60 Å². The summed E-state index contributed by atoms with van der Waals surface area (Å²) in [5.74, 6) is 1.76. The van der Waals surface area contributed by atoms with Crippen LogP contribution >= 0.6 is 0 Å². The molecule has 0 amide bonds. The van der Waals surface area contributed by atoms with Crippen molar-refractivity contribution < 1.29 is 5.11 Å². The van der Waals surface area contributed by atoms with Crippen LogP contribution in [0.1, 0.15) is 69.4 Å². The van der Waals surface area contributed by atoms with Gasteiger partial charge in [0.15, 0.2) is 0 Å². The topological polar surface area (TPSA) is 20.2 Å². The summed E-state index contributed by atoms with van der Waals surface area (Å²) in [6, 6.07) is 8.87. The summed E-state index contributed by atoms with van der Waals surface area (Å²) in [7, 11) is 0. The molecule has 0 aromatic heterocycles. The maximum atomic E-state index is 11.1. The lowest BCUT2D eigenvalue weighted by atomic mass is 9.67. The average Bonchev–Trinajstić information content (AvgIpc) is 2.35. The molecule has 1 aromatic rings. The quantitative estimate of drug-likeness (QED) is 0.822. The van der Waals surface area contributed by atoms with Crippen LogP contribution in [0.2, 0.25) is 0 Å². The molecule has 0 aliphatic heterocycles. The molecule has 0 bridgehead atoms. The standard InChI is InChI=1S/C18H26O/c1-13-5-4-12-18(19,14(13)2)17-10-8-16(9-11-17)15-6-3-7-15/h8-11,13-15,19H,3-7,12H2,1-2H3. The van der Waals surface area contributed by atoms with Crippen LogP contribution in [0.4, 0.5) is 0 Å². The van der Waals surface area contributed by atoms with Gasteiger partial charge in [0.25, 0.3) is 0 Å². The largest absolute Gasteiger partial charge is 0.385 e. The Bertz CT molecular complexity index is 432. The SMILES string of the molecule is CC1CCCC(O)(c2ccc(C3CCC3)cc2)C1C. The van der Waals surface area contributed by atoms with Gasteiger partial charge in [0.1, 0.15) is 0 Å². The third kappa shape index (κ3) is 2.23. The van der Waals surface area contributed by atoms with Crippen molar-refractivity contribution in [1.29, 1.82) is 0 Å². The van der Waals surface area contributed by atoms with E-state index in [0.717, 1.165) is 24.3 Å². The lowest BCUT2D eigenvalue weighted by Gasteiger charge is -2.42. The third-order valence-electron chi connectivity index (χ3n) is 5.81. The van der Waals surface area contributed by atoms with Crippen LogP contribution in [0.25, 0.3) is 0 Å². The van der Waals surface area contributed by atoms with E-state index in [2.05, 4.69) is 38.1 Å². The predicted molar refractivity (Wildman–Crippen MR) is 79.1 cm³/mol. The van der Waals surface area contributed by atoms with Crippen LogP contribution in [0.3, 0.4) is 0 Å². The summed E-state index contributed by atoms with van der Waals surface area (Å²) in [6.45, 7) is 4.49. The van der Waals surface area contributed by atoms with E-state index >= 15 is 0 Å². The second-order valence-electron chi connectivity index (χ2n) is 6.83. The average molecular weight is 258 g/mol. The van der Waals surface area contributed by atoms with E-state index in [4.69, 9.17) is 0 Å². The number of aliphatic hydroxyl groups is 1. The number of hydrogen-bond donors (Lipinski definition) is 1. The summed E-state index contributed by atoms with van der Waals surface area (Å²) < 4.78 is 0. The molecule has 2 saturated carbocycles. The van der Waals surface area contributed by atoms with Gasteiger partial charge in [0.2, 0.25) is 0 Å². The molecule has 0 saturated heterocycles. The van der Waals surface area contributed by atoms with E-state index < -0.39 is 5.60 Å². The van der Waals surface area contributed by atoms with E-state index in [9.17, 15) is 5.11 Å². The molecule has 3 unspecified atom stereocenters. The third-order valence-corrected chi connectivity index (χ3v) is 5.81. The Hall–Kier alpha value is -0.820. The molecular weight excluding hydrogens is 232 g/mol. The lowest BCUT2D eigenvalue weighted by Crippen LogP contribution is -2.40. The summed E-state index contributed by atoms with van der Waals surface area (Å²) in [4.78, 5) is 0. The summed E-state index contributed by atoms with van der Waals surface area (Å²) in [6.07, 6.45) is 7.39. The van der Waals surface area contributed by atoms with Crippen molar-refractivity contribution in [3.63, 3.8) is 0 Å². The molecule has 19 heavy (non-hydrogen) atoms. The minimum atomic E-state index is -0.601. The predicted octanol–water partition coefficient (Wildman–Crippen LogP) is 4.60. The molecule has 0 spiro atoms. The maximum absolute atomic E-state index is 11.1. The highest BCUT2D eigenvalue weighted by Crippen LogP contribution is 2.45. The number of rotatable bonds is 2. The molecule has 0 heterocycles. The van der Waals surface area contributed by atoms with Crippen LogP contribution in [-0.2, 0) is 5.60 Å². The Balaban J connectivity index is 1.83. The van der Waals surface area contributed by atoms with Crippen molar-refractivity contribution in [2.24, 2.45) is 11.8 Å². The second-order valence-corrected chi connectivity index (χ2v) is 6.83. The minimum Gasteiger partial charge on any atom is -0.385 e. The Labute approximate surface area is 117 Å². The van der Waals surface area contributed by atoms with Gasteiger partial charge in [-0.3, -0.25) is 0 Å². The van der Waals surface area contributed by atoms with E-state index in [1.807, 2.05) is 0 Å². The summed E-state index contributed by atoms with van der Waals surface area (Å²) in [5, 5.41) is 11.1. The Morgan fingerprint density at radius 1 is 1.00 bits per heavy atom. The fourth-order valence-electron chi connectivity index (χ4n) is 3.83. The van der Waals surface area contributed by atoms with Crippen molar-refractivity contribution in [1.82, 2.24) is 0 Å². The number of benzene rings is 1. The molecule has 1 aromatic carbocycles. The van der Waals surface area contributed by atoms with Gasteiger partial charge in [0, 0.05) is 0 Å². The molecule has 0 radical (unpaired) electrons. The van der Waals surface area contributed by atoms with Gasteiger partial charge in [-0.05, 0) is 54.6 Å². The monoisotopic (exact) mass is 258 g/mol. The second kappa shape index (κ2) is 4.94. The van der Waals surface area contributed by atoms with Crippen LogP contribution in [0.15, 0.2) is 24.3 Å². The molecule has 1 nitrogen and oxygen atoms in total. The van der Waals surface area contributed by atoms with Gasteiger partial charge < -0.3 is 5.11 Å². The zero-order valence-electron chi connectivity index (χ0n) is 12.2. The van der Waals surface area contributed by atoms with Crippen molar-refractivity contribution in [3.8, 4) is 0 Å². The van der Waals surface area contributed by atoms with Gasteiger partial charge in [-0.25, -0.2) is 0 Å². The molecule has 2 fully saturated rings. The van der Waals surface area contributed by atoms with E-state index in [0.29, 0.717) is 11.8 Å². The Morgan fingerprint density at radius 2 is 1.68 bits per heavy atom. The van der Waals surface area contributed by atoms with Gasteiger partial charge in [-0.15, -0.1) is 0 Å². The van der Waals surface area contributed by atoms with Crippen LogP contribution in [-0.4, -0.2) is 5.11 Å². The Kier molecular flexibility index (Phi) is 3.42. The van der Waals surface area contributed by atoms with Crippen molar-refractivity contribution >= 4 is 0 Å². The lowest BCUT2D eigenvalue weighted by molar-refractivity contribution is -0.0688. The van der Waals surface area contributed by atoms with Crippen LogP contribution < -0.4 is 0 Å². The molecular formula is C18H26O. The first kappa shape index (κ1) is 13.2. The molecule has 1 N–H and O–H groups in total. The fraction of sp³-hybridized carbons (Fsp3) is 0.667. The van der Waals surface area contributed by atoms with Gasteiger partial charge in [-0.2, -0.15) is 0 Å². The summed E-state index contributed by atoms with van der Waals surface area (Å²) >= 11 is 0. The normalized spacial score (nSPS) is 35.9. The molecule has 104 valence electrons. The van der Waals surface area contributed by atoms with Crippen LogP contribution in [0.5, 0.6) is 0 Å². The molecule has 2 aliphatic carbocycles. The highest BCUT2D eigenvalue weighted by atomic mass is 16.3. The Morgan fingerprint density at radius 3 is 2.26 bits per heavy atom. The van der Waals surface area contributed by atoms with Gasteiger partial charge >= 0.3 is 0 Å². The first-order valence-electron chi connectivity index (χ1n) is 7.94. The molecule has 3 rings (SSSR count). The highest BCUT2D eigenvalue weighted by Gasteiger charge is 2.41. The van der Waals surface area contributed by atoms with Gasteiger partial charge in [-0.1, -0.05) is 51.0 Å². The fourth-order valence-corrected chi connectivity index (χ4v) is 3.83. The maximum Gasteiger partial charge on any atom is 0.0924 e. The summed E-state index contributed by atoms with van der Waals surface area (Å²) in [5.41, 5.74) is 2.00. The van der Waals surface area contributed by atoms with Crippen molar-refractivity contribution in [2.45, 2.75) is 63.9 Å². The zero-order valence-corrected chi connectivity index (χ0v) is 12.2. The smallest absolute Gasteiger partial charge is 0.0924 e. The zero-order chi connectivity index (χ0) is 13.5. The van der Waals surface area contributed by atoms with Crippen LogP contribution in [0, 0.1) is 11.8 Å². The molecule has 3 atom stereocenters. The van der Waals surface area contributed by atoms with E-state index in [1.54, 1.807) is 0 Å². The van der Waals surface area contributed by atoms with Crippen molar-refractivity contribution in [2.75, 3.05) is 0 Å². The first-order chi connectivity index (χ1) is 9.11. The minimum absolute atomic E-state index is 0.357. The van der Waals surface area contributed by atoms with E-state index in [-0.39, 0.29) is 0 Å². The molecule has 1 heteroatoms.